The van der Waals surface area contributed by atoms with Crippen molar-refractivity contribution in [2.75, 3.05) is 6.54 Å². The fourth-order valence-corrected chi connectivity index (χ4v) is 2.86. The maximum absolute atomic E-state index is 11.7. The summed E-state index contributed by atoms with van der Waals surface area (Å²) >= 11 is 2.21. The van der Waals surface area contributed by atoms with Gasteiger partial charge in [-0.3, -0.25) is 14.9 Å². The molecule has 0 aromatic rings. The summed E-state index contributed by atoms with van der Waals surface area (Å²) < 4.78 is 0.193. The number of halogens is 1. The molecule has 0 aliphatic heterocycles. The van der Waals surface area contributed by atoms with Crippen LogP contribution in [0.3, 0.4) is 0 Å². The Morgan fingerprint density at radius 2 is 2.31 bits per heavy atom. The number of hydrogen-bond donors (Lipinski definition) is 1. The highest BCUT2D eigenvalue weighted by Crippen LogP contribution is 2.31. The average molecular weight is 338 g/mol. The standard InChI is InChI=1S/C10H15IN2O3/c1-2-5-12-10(14)8-6-7(13(15)16)3-4-9(8)11/h2,7-9H,1,3-6H2,(H,12,14). The first-order valence-electron chi connectivity index (χ1n) is 5.22. The Labute approximate surface area is 108 Å². The van der Waals surface area contributed by atoms with Gasteiger partial charge in [0.15, 0.2) is 0 Å². The molecule has 3 atom stereocenters. The van der Waals surface area contributed by atoms with Crippen LogP contribution in [0.2, 0.25) is 0 Å². The molecule has 5 nitrogen and oxygen atoms in total. The van der Waals surface area contributed by atoms with Crippen LogP contribution in [0.25, 0.3) is 0 Å². The lowest BCUT2D eigenvalue weighted by molar-refractivity contribution is -0.527. The van der Waals surface area contributed by atoms with Crippen molar-refractivity contribution >= 4 is 28.5 Å². The van der Waals surface area contributed by atoms with Crippen LogP contribution in [0.5, 0.6) is 0 Å². The number of nitro groups is 1. The fraction of sp³-hybridized carbons (Fsp3) is 0.700. The van der Waals surface area contributed by atoms with E-state index in [4.69, 9.17) is 0 Å². The summed E-state index contributed by atoms with van der Waals surface area (Å²) in [4.78, 5) is 22.2. The first-order valence-corrected chi connectivity index (χ1v) is 6.47. The molecule has 0 spiro atoms. The van der Waals surface area contributed by atoms with Crippen molar-refractivity contribution in [2.45, 2.75) is 29.2 Å². The van der Waals surface area contributed by atoms with Crippen molar-refractivity contribution in [3.05, 3.63) is 22.8 Å². The van der Waals surface area contributed by atoms with Gasteiger partial charge in [0, 0.05) is 28.2 Å². The van der Waals surface area contributed by atoms with Crippen LogP contribution in [0.15, 0.2) is 12.7 Å². The Bertz CT molecular complexity index is 296. The molecule has 16 heavy (non-hydrogen) atoms. The summed E-state index contributed by atoms with van der Waals surface area (Å²) in [5.74, 6) is -0.337. The Hall–Kier alpha value is -0.660. The predicted octanol–water partition coefficient (Wildman–Crippen LogP) is 1.54. The Morgan fingerprint density at radius 1 is 1.62 bits per heavy atom. The van der Waals surface area contributed by atoms with Crippen LogP contribution >= 0.6 is 22.6 Å². The monoisotopic (exact) mass is 338 g/mol. The molecule has 0 heterocycles. The third-order valence-electron chi connectivity index (χ3n) is 2.79. The average Bonchev–Trinajstić information content (AvgIpc) is 2.26. The van der Waals surface area contributed by atoms with E-state index in [0.717, 1.165) is 6.42 Å². The minimum atomic E-state index is -0.564. The summed E-state index contributed by atoms with van der Waals surface area (Å²) in [6.07, 6.45) is 3.27. The van der Waals surface area contributed by atoms with Crippen LogP contribution in [-0.4, -0.2) is 27.3 Å². The number of amides is 1. The van der Waals surface area contributed by atoms with E-state index < -0.39 is 6.04 Å². The summed E-state index contributed by atoms with van der Waals surface area (Å²) in [7, 11) is 0. The minimum Gasteiger partial charge on any atom is -0.352 e. The van der Waals surface area contributed by atoms with Crippen LogP contribution in [0.1, 0.15) is 19.3 Å². The third kappa shape index (κ3) is 3.43. The second-order valence-electron chi connectivity index (χ2n) is 3.91. The minimum absolute atomic E-state index is 0.0918. The SMILES string of the molecule is C=CCNC(=O)C1CC([N+](=O)[O-])CCC1I. The highest BCUT2D eigenvalue weighted by atomic mass is 127. The third-order valence-corrected chi connectivity index (χ3v) is 4.28. The molecule has 90 valence electrons. The largest absolute Gasteiger partial charge is 0.352 e. The molecule has 6 heteroatoms. The molecule has 1 N–H and O–H groups in total. The summed E-state index contributed by atoms with van der Waals surface area (Å²) in [5, 5.41) is 13.4. The maximum atomic E-state index is 11.7. The van der Waals surface area contributed by atoms with Crippen molar-refractivity contribution < 1.29 is 9.72 Å². The molecule has 1 fully saturated rings. The Morgan fingerprint density at radius 3 is 2.88 bits per heavy atom. The van der Waals surface area contributed by atoms with Crippen LogP contribution < -0.4 is 5.32 Å². The van der Waals surface area contributed by atoms with Crippen molar-refractivity contribution in [1.82, 2.24) is 5.32 Å². The molecular formula is C10H15IN2O3. The second kappa shape index (κ2) is 6.17. The van der Waals surface area contributed by atoms with E-state index >= 15 is 0 Å². The summed E-state index contributed by atoms with van der Waals surface area (Å²) in [6, 6.07) is -0.564. The molecule has 1 saturated carbocycles. The fourth-order valence-electron chi connectivity index (χ4n) is 1.88. The predicted molar refractivity (Wildman–Crippen MR) is 69.1 cm³/mol. The molecule has 1 rings (SSSR count). The van der Waals surface area contributed by atoms with Crippen molar-refractivity contribution in [1.29, 1.82) is 0 Å². The first-order chi connectivity index (χ1) is 7.56. The molecule has 0 bridgehead atoms. The highest BCUT2D eigenvalue weighted by Gasteiger charge is 2.38. The molecule has 3 unspecified atom stereocenters. The molecule has 1 aliphatic rings. The zero-order valence-corrected chi connectivity index (χ0v) is 11.1. The number of alkyl halides is 1. The lowest BCUT2D eigenvalue weighted by Crippen LogP contribution is -2.42. The van der Waals surface area contributed by atoms with Gasteiger partial charge in [-0.15, -0.1) is 6.58 Å². The molecule has 0 aromatic carbocycles. The number of nitrogens with zero attached hydrogens (tertiary/aromatic N) is 1. The maximum Gasteiger partial charge on any atom is 0.224 e. The van der Waals surface area contributed by atoms with E-state index in [1.54, 1.807) is 6.08 Å². The van der Waals surface area contributed by atoms with E-state index in [-0.39, 0.29) is 20.7 Å². The van der Waals surface area contributed by atoms with Gasteiger partial charge in [0.1, 0.15) is 0 Å². The number of carbonyl (C=O) groups is 1. The first kappa shape index (κ1) is 13.4. The van der Waals surface area contributed by atoms with E-state index in [9.17, 15) is 14.9 Å². The number of nitrogens with one attached hydrogen (secondary N) is 1. The van der Waals surface area contributed by atoms with E-state index in [2.05, 4.69) is 34.5 Å². The van der Waals surface area contributed by atoms with E-state index in [0.29, 0.717) is 19.4 Å². The van der Waals surface area contributed by atoms with Crippen LogP contribution in [0.4, 0.5) is 0 Å². The van der Waals surface area contributed by atoms with Gasteiger partial charge < -0.3 is 5.32 Å². The van der Waals surface area contributed by atoms with Gasteiger partial charge in [0.25, 0.3) is 0 Å². The molecule has 1 aliphatic carbocycles. The lowest BCUT2D eigenvalue weighted by Gasteiger charge is -2.28. The quantitative estimate of drug-likeness (QED) is 0.278. The molecular weight excluding hydrogens is 323 g/mol. The molecule has 0 saturated heterocycles. The zero-order valence-electron chi connectivity index (χ0n) is 8.89. The van der Waals surface area contributed by atoms with Gasteiger partial charge in [0.05, 0.1) is 5.92 Å². The molecule has 1 amide bonds. The smallest absolute Gasteiger partial charge is 0.224 e. The van der Waals surface area contributed by atoms with Gasteiger partial charge in [0.2, 0.25) is 11.9 Å². The lowest BCUT2D eigenvalue weighted by atomic mass is 9.85. The van der Waals surface area contributed by atoms with Gasteiger partial charge >= 0.3 is 0 Å². The van der Waals surface area contributed by atoms with Gasteiger partial charge in [-0.2, -0.15) is 0 Å². The van der Waals surface area contributed by atoms with E-state index in [1.165, 1.54) is 0 Å². The number of rotatable bonds is 4. The number of hydrogen-bond acceptors (Lipinski definition) is 3. The Kier molecular flexibility index (Phi) is 5.17. The van der Waals surface area contributed by atoms with E-state index in [1.807, 2.05) is 0 Å². The van der Waals surface area contributed by atoms with Crippen LogP contribution in [-0.2, 0) is 4.79 Å². The van der Waals surface area contributed by atoms with Crippen molar-refractivity contribution in [3.8, 4) is 0 Å². The Balaban J connectivity index is 2.58. The summed E-state index contributed by atoms with van der Waals surface area (Å²) in [6.45, 7) is 3.93. The second-order valence-corrected chi connectivity index (χ2v) is 5.51. The van der Waals surface area contributed by atoms with Gasteiger partial charge in [-0.25, -0.2) is 0 Å². The van der Waals surface area contributed by atoms with Gasteiger partial charge in [-0.05, 0) is 6.42 Å². The highest BCUT2D eigenvalue weighted by molar-refractivity contribution is 14.1. The van der Waals surface area contributed by atoms with Crippen molar-refractivity contribution in [2.24, 2.45) is 5.92 Å². The zero-order chi connectivity index (χ0) is 12.1. The normalized spacial score (nSPS) is 29.4. The molecule has 0 aromatic heterocycles. The summed E-state index contributed by atoms with van der Waals surface area (Å²) in [5.41, 5.74) is 0. The number of carbonyl (C=O) groups excluding carboxylic acids is 1. The van der Waals surface area contributed by atoms with Crippen molar-refractivity contribution in [3.63, 3.8) is 0 Å². The molecule has 0 radical (unpaired) electrons. The van der Waals surface area contributed by atoms with Crippen LogP contribution in [0, 0.1) is 16.0 Å². The topological polar surface area (TPSA) is 72.2 Å². The van der Waals surface area contributed by atoms with Gasteiger partial charge in [-0.1, -0.05) is 28.7 Å².